The van der Waals surface area contributed by atoms with Crippen molar-refractivity contribution in [3.63, 3.8) is 0 Å². The topological polar surface area (TPSA) is 80.5 Å². The molecular formula is C19H28N2O3S. The first-order valence-electron chi connectivity index (χ1n) is 8.42. The number of hydrogen-bond acceptors (Lipinski definition) is 3. The van der Waals surface area contributed by atoms with E-state index in [1.807, 2.05) is 6.92 Å². The van der Waals surface area contributed by atoms with Crippen LogP contribution >= 0.6 is 0 Å². The number of rotatable bonds is 5. The number of amides is 1. The first kappa shape index (κ1) is 19.7. The Morgan fingerprint density at radius 2 is 1.76 bits per heavy atom. The maximum absolute atomic E-state index is 12.9. The first-order valence-corrected chi connectivity index (χ1v) is 9.96. The molecule has 2 N–H and O–H groups in total. The minimum absolute atomic E-state index is 0.0152. The number of benzene rings is 1. The van der Waals surface area contributed by atoms with Gasteiger partial charge in [-0.3, -0.25) is 4.79 Å². The molecule has 0 heterocycles. The molecule has 0 bridgehead atoms. The van der Waals surface area contributed by atoms with Crippen molar-refractivity contribution in [2.45, 2.75) is 45.6 Å². The van der Waals surface area contributed by atoms with Gasteiger partial charge >= 0.3 is 0 Å². The van der Waals surface area contributed by atoms with E-state index < -0.39 is 10.0 Å². The molecule has 25 heavy (non-hydrogen) atoms. The van der Waals surface area contributed by atoms with Gasteiger partial charge in [0.1, 0.15) is 0 Å². The van der Waals surface area contributed by atoms with Crippen molar-refractivity contribution in [3.8, 4) is 0 Å². The SMILES string of the molecule is CC(C)=CC1C(C(=O)N(C)C(C)c2ccc(S(N)(=O)=O)cc2)C1(C)C. The normalized spacial score (nSPS) is 22.8. The summed E-state index contributed by atoms with van der Waals surface area (Å²) in [5, 5.41) is 5.13. The van der Waals surface area contributed by atoms with Crippen LogP contribution in [0.5, 0.6) is 0 Å². The number of carbonyl (C=O) groups excluding carboxylic acids is 1. The van der Waals surface area contributed by atoms with E-state index in [-0.39, 0.29) is 34.1 Å². The predicted molar refractivity (Wildman–Crippen MR) is 99.2 cm³/mol. The number of allylic oxidation sites excluding steroid dienone is 2. The lowest BCUT2D eigenvalue weighted by Crippen LogP contribution is -2.32. The molecule has 0 saturated heterocycles. The van der Waals surface area contributed by atoms with Gasteiger partial charge < -0.3 is 4.90 Å². The van der Waals surface area contributed by atoms with Crippen molar-refractivity contribution in [3.05, 3.63) is 41.5 Å². The van der Waals surface area contributed by atoms with E-state index >= 15 is 0 Å². The van der Waals surface area contributed by atoms with Crippen LogP contribution in [0.3, 0.4) is 0 Å². The van der Waals surface area contributed by atoms with Crippen LogP contribution in [0.4, 0.5) is 0 Å². The highest BCUT2D eigenvalue weighted by atomic mass is 32.2. The Morgan fingerprint density at radius 3 is 2.20 bits per heavy atom. The van der Waals surface area contributed by atoms with Gasteiger partial charge in [0.05, 0.1) is 16.9 Å². The fourth-order valence-corrected chi connectivity index (χ4v) is 3.90. The molecule has 0 spiro atoms. The fraction of sp³-hybridized carbons (Fsp3) is 0.526. The average Bonchev–Trinajstić information content (AvgIpc) is 3.04. The molecule has 0 aromatic heterocycles. The van der Waals surface area contributed by atoms with Gasteiger partial charge in [-0.25, -0.2) is 13.6 Å². The average molecular weight is 365 g/mol. The second-order valence-electron chi connectivity index (χ2n) is 7.81. The molecule has 138 valence electrons. The molecular weight excluding hydrogens is 336 g/mol. The van der Waals surface area contributed by atoms with Crippen molar-refractivity contribution in [2.75, 3.05) is 7.05 Å². The van der Waals surface area contributed by atoms with Crippen molar-refractivity contribution in [2.24, 2.45) is 22.4 Å². The third kappa shape index (κ3) is 3.96. The molecule has 1 amide bonds. The molecule has 0 radical (unpaired) electrons. The van der Waals surface area contributed by atoms with E-state index in [1.54, 1.807) is 24.1 Å². The predicted octanol–water partition coefficient (Wildman–Crippen LogP) is 3.09. The maximum Gasteiger partial charge on any atom is 0.238 e. The van der Waals surface area contributed by atoms with Gasteiger partial charge in [0, 0.05) is 7.05 Å². The van der Waals surface area contributed by atoms with Crippen LogP contribution in [-0.2, 0) is 14.8 Å². The molecule has 1 saturated carbocycles. The second kappa shape index (κ2) is 6.57. The largest absolute Gasteiger partial charge is 0.339 e. The Hall–Kier alpha value is -1.66. The minimum atomic E-state index is -3.71. The van der Waals surface area contributed by atoms with Gasteiger partial charge in [0.15, 0.2) is 0 Å². The van der Waals surface area contributed by atoms with Crippen LogP contribution in [0.1, 0.15) is 46.2 Å². The van der Waals surface area contributed by atoms with Gasteiger partial charge in [-0.05, 0) is 49.8 Å². The monoisotopic (exact) mass is 364 g/mol. The zero-order chi connectivity index (χ0) is 19.2. The zero-order valence-corrected chi connectivity index (χ0v) is 16.6. The highest BCUT2D eigenvalue weighted by Crippen LogP contribution is 2.60. The summed E-state index contributed by atoms with van der Waals surface area (Å²) in [5.74, 6) is 0.374. The summed E-state index contributed by atoms with van der Waals surface area (Å²) in [7, 11) is -1.91. The Bertz CT molecular complexity index is 790. The molecule has 6 heteroatoms. The number of hydrogen-bond donors (Lipinski definition) is 1. The van der Waals surface area contributed by atoms with Crippen molar-refractivity contribution >= 4 is 15.9 Å². The summed E-state index contributed by atoms with van der Waals surface area (Å²) in [6.07, 6.45) is 2.18. The van der Waals surface area contributed by atoms with Crippen LogP contribution in [0, 0.1) is 17.3 Å². The van der Waals surface area contributed by atoms with Crippen LogP contribution in [0.25, 0.3) is 0 Å². The Labute approximate surface area is 151 Å². The van der Waals surface area contributed by atoms with Gasteiger partial charge in [-0.1, -0.05) is 37.6 Å². The number of nitrogens with two attached hydrogens (primary N) is 1. The van der Waals surface area contributed by atoms with Crippen LogP contribution in [0.15, 0.2) is 40.8 Å². The van der Waals surface area contributed by atoms with E-state index in [4.69, 9.17) is 5.14 Å². The van der Waals surface area contributed by atoms with Gasteiger partial charge in [0.25, 0.3) is 0 Å². The summed E-state index contributed by atoms with van der Waals surface area (Å²) in [6.45, 7) is 10.3. The minimum Gasteiger partial charge on any atom is -0.339 e. The standard InChI is InChI=1S/C19H28N2O3S/c1-12(2)11-16-17(19(16,4)5)18(22)21(6)13(3)14-7-9-15(10-8-14)25(20,23)24/h7-11,13,16-17H,1-6H3,(H2,20,23,24). The molecule has 2 rings (SSSR count). The lowest BCUT2D eigenvalue weighted by atomic mass is 10.1. The summed E-state index contributed by atoms with van der Waals surface area (Å²) in [6, 6.07) is 6.23. The van der Waals surface area contributed by atoms with Crippen LogP contribution in [0.2, 0.25) is 0 Å². The van der Waals surface area contributed by atoms with E-state index in [9.17, 15) is 13.2 Å². The summed E-state index contributed by atoms with van der Waals surface area (Å²) in [5.41, 5.74) is 2.07. The van der Waals surface area contributed by atoms with E-state index in [2.05, 4.69) is 33.8 Å². The maximum atomic E-state index is 12.9. The number of primary sulfonamides is 1. The van der Waals surface area contributed by atoms with Crippen LogP contribution in [-0.4, -0.2) is 26.3 Å². The van der Waals surface area contributed by atoms with Crippen molar-refractivity contribution in [1.29, 1.82) is 0 Å². The summed E-state index contributed by atoms with van der Waals surface area (Å²) in [4.78, 5) is 14.8. The van der Waals surface area contributed by atoms with Gasteiger partial charge in [0.2, 0.25) is 15.9 Å². The van der Waals surface area contributed by atoms with Crippen molar-refractivity contribution in [1.82, 2.24) is 4.90 Å². The Kier molecular flexibility index (Phi) is 5.17. The highest BCUT2D eigenvalue weighted by molar-refractivity contribution is 7.89. The molecule has 1 aliphatic carbocycles. The van der Waals surface area contributed by atoms with Crippen molar-refractivity contribution < 1.29 is 13.2 Å². The Morgan fingerprint density at radius 1 is 1.24 bits per heavy atom. The first-order chi connectivity index (χ1) is 11.4. The zero-order valence-electron chi connectivity index (χ0n) is 15.8. The Balaban J connectivity index is 2.16. The fourth-order valence-electron chi connectivity index (χ4n) is 3.39. The van der Waals surface area contributed by atoms with E-state index in [0.29, 0.717) is 0 Å². The molecule has 3 unspecified atom stereocenters. The second-order valence-corrected chi connectivity index (χ2v) is 9.37. The number of carbonyl (C=O) groups is 1. The number of nitrogens with zero attached hydrogens (tertiary/aromatic N) is 1. The molecule has 1 aliphatic rings. The third-order valence-corrected chi connectivity index (χ3v) is 6.24. The summed E-state index contributed by atoms with van der Waals surface area (Å²) >= 11 is 0. The smallest absolute Gasteiger partial charge is 0.238 e. The molecule has 1 aromatic carbocycles. The summed E-state index contributed by atoms with van der Waals surface area (Å²) < 4.78 is 22.7. The molecule has 1 fully saturated rings. The third-order valence-electron chi connectivity index (χ3n) is 5.31. The quantitative estimate of drug-likeness (QED) is 0.815. The van der Waals surface area contributed by atoms with Gasteiger partial charge in [-0.15, -0.1) is 0 Å². The van der Waals surface area contributed by atoms with E-state index in [1.165, 1.54) is 17.7 Å². The molecule has 5 nitrogen and oxygen atoms in total. The highest BCUT2D eigenvalue weighted by Gasteiger charge is 2.61. The lowest BCUT2D eigenvalue weighted by molar-refractivity contribution is -0.134. The molecule has 1 aromatic rings. The molecule has 0 aliphatic heterocycles. The van der Waals surface area contributed by atoms with E-state index in [0.717, 1.165) is 5.56 Å². The lowest BCUT2D eigenvalue weighted by Gasteiger charge is -2.26. The van der Waals surface area contributed by atoms with Crippen LogP contribution < -0.4 is 5.14 Å². The molecule has 3 atom stereocenters. The number of sulfonamides is 1. The van der Waals surface area contributed by atoms with Gasteiger partial charge in [-0.2, -0.15) is 0 Å².